The molecule has 2 fully saturated rings. The standard InChI is InChI=1S/C14H16BrNO4S/c15-12-6-3-10(14(17)18)7-13(12)21(19,20)16(11-4-5-11)8-9-1-2-9/h3,6-7,9,11H,1-2,4-5,8H2,(H,17,18). The Balaban J connectivity index is 1.99. The Bertz CT molecular complexity index is 680. The molecule has 0 spiro atoms. The molecule has 0 unspecified atom stereocenters. The first-order valence-electron chi connectivity index (χ1n) is 6.94. The average Bonchev–Trinajstić information content (AvgIpc) is 3.28. The lowest BCUT2D eigenvalue weighted by Crippen LogP contribution is -2.35. The van der Waals surface area contributed by atoms with Crippen LogP contribution in [0.5, 0.6) is 0 Å². The van der Waals surface area contributed by atoms with Gasteiger partial charge >= 0.3 is 5.97 Å². The number of hydrogen-bond donors (Lipinski definition) is 1. The van der Waals surface area contributed by atoms with Gasteiger partial charge in [0.2, 0.25) is 10.0 Å². The Hall–Kier alpha value is -0.920. The van der Waals surface area contributed by atoms with Gasteiger partial charge in [-0.1, -0.05) is 0 Å². The smallest absolute Gasteiger partial charge is 0.335 e. The predicted molar refractivity (Wildman–Crippen MR) is 80.7 cm³/mol. The first kappa shape index (κ1) is 15.0. The van der Waals surface area contributed by atoms with Crippen LogP contribution in [-0.2, 0) is 10.0 Å². The molecule has 2 saturated carbocycles. The van der Waals surface area contributed by atoms with Crippen LogP contribution in [-0.4, -0.2) is 36.4 Å². The van der Waals surface area contributed by atoms with E-state index in [1.165, 1.54) is 18.2 Å². The zero-order valence-corrected chi connectivity index (χ0v) is 13.7. The molecule has 0 saturated heterocycles. The number of aromatic carboxylic acids is 1. The second-order valence-corrected chi connectivity index (χ2v) is 8.41. The highest BCUT2D eigenvalue weighted by Gasteiger charge is 2.41. The first-order valence-corrected chi connectivity index (χ1v) is 9.17. The highest BCUT2D eigenvalue weighted by Crippen LogP contribution is 2.39. The van der Waals surface area contributed by atoms with Gasteiger partial charge in [-0.15, -0.1) is 0 Å². The molecule has 7 heteroatoms. The van der Waals surface area contributed by atoms with Crippen molar-refractivity contribution in [1.82, 2.24) is 4.31 Å². The summed E-state index contributed by atoms with van der Waals surface area (Å²) in [6.45, 7) is 0.552. The lowest BCUT2D eigenvalue weighted by Gasteiger charge is -2.22. The molecule has 0 heterocycles. The van der Waals surface area contributed by atoms with Crippen LogP contribution in [0.2, 0.25) is 0 Å². The molecule has 0 aliphatic heterocycles. The van der Waals surface area contributed by atoms with E-state index < -0.39 is 16.0 Å². The number of carbonyl (C=O) groups is 1. The maximum Gasteiger partial charge on any atom is 0.335 e. The molecule has 114 valence electrons. The van der Waals surface area contributed by atoms with Gasteiger partial charge in [0.25, 0.3) is 0 Å². The zero-order chi connectivity index (χ0) is 15.2. The van der Waals surface area contributed by atoms with E-state index in [1.807, 2.05) is 0 Å². The molecule has 21 heavy (non-hydrogen) atoms. The minimum absolute atomic E-state index is 0.0149. The summed E-state index contributed by atoms with van der Waals surface area (Å²) in [5, 5.41) is 9.06. The third-order valence-electron chi connectivity index (χ3n) is 3.85. The van der Waals surface area contributed by atoms with Crippen LogP contribution in [0, 0.1) is 5.92 Å². The summed E-state index contributed by atoms with van der Waals surface area (Å²) in [5.41, 5.74) is -0.0149. The Morgan fingerprint density at radius 3 is 2.48 bits per heavy atom. The fourth-order valence-electron chi connectivity index (χ4n) is 2.32. The second-order valence-electron chi connectivity index (χ2n) is 5.70. The molecule has 1 aromatic carbocycles. The normalized spacial score (nSPS) is 19.0. The summed E-state index contributed by atoms with van der Waals surface area (Å²) in [7, 11) is -3.66. The molecule has 0 atom stereocenters. The number of rotatable bonds is 6. The molecule has 0 bridgehead atoms. The van der Waals surface area contributed by atoms with Crippen LogP contribution < -0.4 is 0 Å². The van der Waals surface area contributed by atoms with Gasteiger partial charge in [0.1, 0.15) is 0 Å². The maximum absolute atomic E-state index is 12.9. The highest BCUT2D eigenvalue weighted by molar-refractivity contribution is 9.10. The number of halogens is 1. The summed E-state index contributed by atoms with van der Waals surface area (Å²) >= 11 is 3.24. The fraction of sp³-hybridized carbons (Fsp3) is 0.500. The molecule has 0 aromatic heterocycles. The molecule has 3 rings (SSSR count). The summed E-state index contributed by atoms with van der Waals surface area (Å²) in [6, 6.07) is 4.20. The number of carboxylic acid groups (broad SMARTS) is 1. The summed E-state index contributed by atoms with van der Waals surface area (Å²) < 4.78 is 27.7. The van der Waals surface area contributed by atoms with E-state index in [-0.39, 0.29) is 16.5 Å². The lowest BCUT2D eigenvalue weighted by molar-refractivity contribution is 0.0696. The van der Waals surface area contributed by atoms with Crippen molar-refractivity contribution in [3.63, 3.8) is 0 Å². The Morgan fingerprint density at radius 2 is 1.95 bits per heavy atom. The lowest BCUT2D eigenvalue weighted by atomic mass is 10.2. The Labute approximate surface area is 132 Å². The Kier molecular flexibility index (Phi) is 3.83. The number of nitrogens with zero attached hydrogens (tertiary/aromatic N) is 1. The minimum Gasteiger partial charge on any atom is -0.478 e. The van der Waals surface area contributed by atoms with Crippen molar-refractivity contribution in [3.8, 4) is 0 Å². The Morgan fingerprint density at radius 1 is 1.29 bits per heavy atom. The van der Waals surface area contributed by atoms with Crippen LogP contribution in [0.3, 0.4) is 0 Å². The van der Waals surface area contributed by atoms with E-state index in [0.29, 0.717) is 16.9 Å². The van der Waals surface area contributed by atoms with E-state index in [9.17, 15) is 13.2 Å². The highest BCUT2D eigenvalue weighted by atomic mass is 79.9. The fourth-order valence-corrected chi connectivity index (χ4v) is 5.03. The largest absolute Gasteiger partial charge is 0.478 e. The van der Waals surface area contributed by atoms with E-state index in [2.05, 4.69) is 15.9 Å². The molecule has 0 radical (unpaired) electrons. The summed E-state index contributed by atoms with van der Waals surface area (Å²) in [5.74, 6) is -0.666. The van der Waals surface area contributed by atoms with E-state index in [4.69, 9.17) is 5.11 Å². The predicted octanol–water partition coefficient (Wildman–Crippen LogP) is 2.71. The summed E-state index contributed by atoms with van der Waals surface area (Å²) in [4.78, 5) is 11.1. The van der Waals surface area contributed by atoms with Crippen molar-refractivity contribution >= 4 is 31.9 Å². The van der Waals surface area contributed by atoms with Crippen molar-refractivity contribution < 1.29 is 18.3 Å². The number of carboxylic acids is 1. The molecule has 5 nitrogen and oxygen atoms in total. The summed E-state index contributed by atoms with van der Waals surface area (Å²) in [6.07, 6.45) is 3.94. The van der Waals surface area contributed by atoms with Gasteiger partial charge in [-0.3, -0.25) is 0 Å². The van der Waals surface area contributed by atoms with Crippen LogP contribution in [0.1, 0.15) is 36.0 Å². The number of hydrogen-bond acceptors (Lipinski definition) is 3. The molecule has 0 amide bonds. The van der Waals surface area contributed by atoms with Crippen LogP contribution in [0.25, 0.3) is 0 Å². The van der Waals surface area contributed by atoms with Gasteiger partial charge in [-0.25, -0.2) is 13.2 Å². The third-order valence-corrected chi connectivity index (χ3v) is 6.77. The average molecular weight is 374 g/mol. The van der Waals surface area contributed by atoms with Crippen molar-refractivity contribution in [1.29, 1.82) is 0 Å². The van der Waals surface area contributed by atoms with Gasteiger partial charge in [0, 0.05) is 17.1 Å². The molecule has 1 N–H and O–H groups in total. The molecule has 2 aliphatic rings. The van der Waals surface area contributed by atoms with Crippen LogP contribution in [0.15, 0.2) is 27.6 Å². The van der Waals surface area contributed by atoms with Gasteiger partial charge in [0.15, 0.2) is 0 Å². The van der Waals surface area contributed by atoms with Gasteiger partial charge in [-0.05, 0) is 65.7 Å². The van der Waals surface area contributed by atoms with Gasteiger partial charge < -0.3 is 5.11 Å². The van der Waals surface area contributed by atoms with Gasteiger partial charge in [-0.2, -0.15) is 4.31 Å². The van der Waals surface area contributed by atoms with E-state index >= 15 is 0 Å². The van der Waals surface area contributed by atoms with Crippen molar-refractivity contribution in [2.45, 2.75) is 36.6 Å². The van der Waals surface area contributed by atoms with E-state index in [1.54, 1.807) is 4.31 Å². The third kappa shape index (κ3) is 3.14. The van der Waals surface area contributed by atoms with Crippen LogP contribution in [0.4, 0.5) is 0 Å². The second kappa shape index (κ2) is 5.37. The maximum atomic E-state index is 12.9. The number of sulfonamides is 1. The van der Waals surface area contributed by atoms with E-state index in [0.717, 1.165) is 25.7 Å². The zero-order valence-electron chi connectivity index (χ0n) is 11.3. The molecule has 1 aromatic rings. The van der Waals surface area contributed by atoms with Crippen molar-refractivity contribution in [2.24, 2.45) is 5.92 Å². The number of benzene rings is 1. The van der Waals surface area contributed by atoms with Crippen LogP contribution >= 0.6 is 15.9 Å². The van der Waals surface area contributed by atoms with Crippen molar-refractivity contribution in [3.05, 3.63) is 28.2 Å². The van der Waals surface area contributed by atoms with Gasteiger partial charge in [0.05, 0.1) is 10.5 Å². The van der Waals surface area contributed by atoms with Crippen molar-refractivity contribution in [2.75, 3.05) is 6.54 Å². The molecular formula is C14H16BrNO4S. The quantitative estimate of drug-likeness (QED) is 0.831. The molecule has 2 aliphatic carbocycles. The first-order chi connectivity index (χ1) is 9.89. The molecular weight excluding hydrogens is 358 g/mol. The minimum atomic E-state index is -3.66. The monoisotopic (exact) mass is 373 g/mol. The SMILES string of the molecule is O=C(O)c1ccc(Br)c(S(=O)(=O)N(CC2CC2)C2CC2)c1. The topological polar surface area (TPSA) is 74.7 Å².